The first-order valence-corrected chi connectivity index (χ1v) is 7.92. The number of likely N-dealkylation sites (N-methyl/N-ethyl adjacent to an activating group) is 2. The van der Waals surface area contributed by atoms with Crippen molar-refractivity contribution in [2.75, 3.05) is 47.3 Å². The van der Waals surface area contributed by atoms with Gasteiger partial charge in [0.05, 0.1) is 0 Å². The van der Waals surface area contributed by atoms with E-state index in [1.54, 1.807) is 0 Å². The van der Waals surface area contributed by atoms with Gasteiger partial charge in [-0.05, 0) is 44.8 Å². The molecule has 0 aromatic carbocycles. The highest BCUT2D eigenvalue weighted by atomic mass is 15.1. The Morgan fingerprint density at radius 1 is 0.667 bits per heavy atom. The third-order valence-electron chi connectivity index (χ3n) is 3.48. The maximum absolute atomic E-state index is 2.31. The van der Waals surface area contributed by atoms with Crippen molar-refractivity contribution in [2.45, 2.75) is 19.3 Å². The SMILES string of the molecule is CN1C=CC=CC1.CN1C=CCCC1.CN1CC=CCC1. The van der Waals surface area contributed by atoms with Gasteiger partial charge in [-0.2, -0.15) is 0 Å². The minimum Gasteiger partial charge on any atom is -0.381 e. The van der Waals surface area contributed by atoms with E-state index in [2.05, 4.69) is 78.6 Å². The number of hydrogen-bond acceptors (Lipinski definition) is 3. The molecule has 0 fully saturated rings. The van der Waals surface area contributed by atoms with Crippen LogP contribution in [0.4, 0.5) is 0 Å². The van der Waals surface area contributed by atoms with Crippen molar-refractivity contribution in [3.63, 3.8) is 0 Å². The maximum Gasteiger partial charge on any atom is 0.0353 e. The van der Waals surface area contributed by atoms with Gasteiger partial charge in [0.25, 0.3) is 0 Å². The van der Waals surface area contributed by atoms with Crippen LogP contribution in [0.1, 0.15) is 19.3 Å². The zero-order chi connectivity index (χ0) is 15.3. The Kier molecular flexibility index (Phi) is 9.38. The van der Waals surface area contributed by atoms with Crippen molar-refractivity contribution >= 4 is 0 Å². The molecule has 0 saturated carbocycles. The number of rotatable bonds is 0. The van der Waals surface area contributed by atoms with Gasteiger partial charge in [0.15, 0.2) is 0 Å². The molecule has 21 heavy (non-hydrogen) atoms. The van der Waals surface area contributed by atoms with Crippen molar-refractivity contribution in [1.29, 1.82) is 0 Å². The van der Waals surface area contributed by atoms with Crippen LogP contribution in [0, 0.1) is 0 Å². The van der Waals surface area contributed by atoms with Gasteiger partial charge in [0.2, 0.25) is 0 Å². The van der Waals surface area contributed by atoms with E-state index in [1.807, 2.05) is 6.08 Å². The highest BCUT2D eigenvalue weighted by Gasteiger charge is 1.95. The van der Waals surface area contributed by atoms with E-state index in [4.69, 9.17) is 0 Å². The summed E-state index contributed by atoms with van der Waals surface area (Å²) in [4.78, 5) is 6.64. The molecule has 0 bridgehead atoms. The topological polar surface area (TPSA) is 9.72 Å². The lowest BCUT2D eigenvalue weighted by molar-refractivity contribution is 0.366. The summed E-state index contributed by atoms with van der Waals surface area (Å²) in [6, 6.07) is 0. The Labute approximate surface area is 130 Å². The second kappa shape index (κ2) is 11.2. The monoisotopic (exact) mass is 289 g/mol. The van der Waals surface area contributed by atoms with Crippen LogP contribution in [0.2, 0.25) is 0 Å². The molecule has 0 atom stereocenters. The van der Waals surface area contributed by atoms with Crippen LogP contribution >= 0.6 is 0 Å². The predicted octanol–water partition coefficient (Wildman–Crippen LogP) is 3.11. The molecule has 0 aromatic heterocycles. The predicted molar refractivity (Wildman–Crippen MR) is 93.2 cm³/mol. The van der Waals surface area contributed by atoms with Gasteiger partial charge in [-0.1, -0.05) is 30.4 Å². The van der Waals surface area contributed by atoms with Crippen molar-refractivity contribution in [3.05, 3.63) is 48.9 Å². The first kappa shape index (κ1) is 17.6. The zero-order valence-corrected chi connectivity index (χ0v) is 13.9. The Morgan fingerprint density at radius 2 is 1.52 bits per heavy atom. The summed E-state index contributed by atoms with van der Waals surface area (Å²) in [7, 11) is 6.30. The molecule has 0 aliphatic carbocycles. The molecule has 3 aliphatic heterocycles. The fourth-order valence-electron chi connectivity index (χ4n) is 2.11. The molecule has 0 amide bonds. The third-order valence-corrected chi connectivity index (χ3v) is 3.48. The highest BCUT2D eigenvalue weighted by molar-refractivity contribution is 5.07. The van der Waals surface area contributed by atoms with E-state index in [-0.39, 0.29) is 0 Å². The van der Waals surface area contributed by atoms with Crippen molar-refractivity contribution in [2.24, 2.45) is 0 Å². The molecule has 0 saturated heterocycles. The van der Waals surface area contributed by atoms with E-state index in [9.17, 15) is 0 Å². The van der Waals surface area contributed by atoms with Gasteiger partial charge < -0.3 is 14.7 Å². The normalized spacial score (nSPS) is 20.5. The molecule has 3 rings (SSSR count). The van der Waals surface area contributed by atoms with Crippen LogP contribution in [-0.4, -0.2) is 62.0 Å². The second-order valence-corrected chi connectivity index (χ2v) is 5.74. The molecule has 3 nitrogen and oxygen atoms in total. The maximum atomic E-state index is 2.31. The lowest BCUT2D eigenvalue weighted by Gasteiger charge is -2.16. The van der Waals surface area contributed by atoms with Gasteiger partial charge in [-0.15, -0.1) is 0 Å². The third kappa shape index (κ3) is 9.97. The summed E-state index contributed by atoms with van der Waals surface area (Å²) in [5, 5.41) is 0. The van der Waals surface area contributed by atoms with Gasteiger partial charge >= 0.3 is 0 Å². The molecule has 0 N–H and O–H groups in total. The molecule has 3 aliphatic rings. The quantitative estimate of drug-likeness (QED) is 0.635. The average molecular weight is 289 g/mol. The van der Waals surface area contributed by atoms with E-state index in [1.165, 1.54) is 32.4 Å². The molecule has 3 heterocycles. The number of hydrogen-bond donors (Lipinski definition) is 0. The van der Waals surface area contributed by atoms with Gasteiger partial charge in [0, 0.05) is 40.3 Å². The zero-order valence-electron chi connectivity index (χ0n) is 13.9. The van der Waals surface area contributed by atoms with Crippen molar-refractivity contribution < 1.29 is 0 Å². The molecule has 0 radical (unpaired) electrons. The van der Waals surface area contributed by atoms with Gasteiger partial charge in [0.1, 0.15) is 0 Å². The van der Waals surface area contributed by atoms with Crippen LogP contribution in [0.5, 0.6) is 0 Å². The summed E-state index contributed by atoms with van der Waals surface area (Å²) in [5.74, 6) is 0. The van der Waals surface area contributed by atoms with E-state index in [0.29, 0.717) is 0 Å². The van der Waals surface area contributed by atoms with Crippen molar-refractivity contribution in [1.82, 2.24) is 14.7 Å². The highest BCUT2D eigenvalue weighted by Crippen LogP contribution is 2.01. The van der Waals surface area contributed by atoms with E-state index < -0.39 is 0 Å². The largest absolute Gasteiger partial charge is 0.381 e. The Hall–Kier alpha value is -1.48. The lowest BCUT2D eigenvalue weighted by Crippen LogP contribution is -2.21. The van der Waals surface area contributed by atoms with Crippen LogP contribution in [-0.2, 0) is 0 Å². The van der Waals surface area contributed by atoms with Crippen LogP contribution in [0.25, 0.3) is 0 Å². The van der Waals surface area contributed by atoms with Crippen LogP contribution in [0.15, 0.2) is 48.9 Å². The lowest BCUT2D eigenvalue weighted by atomic mass is 10.2. The first-order valence-electron chi connectivity index (χ1n) is 7.92. The second-order valence-electron chi connectivity index (χ2n) is 5.74. The fraction of sp³-hybridized carbons (Fsp3) is 0.556. The molecule has 0 aromatic rings. The molecule has 118 valence electrons. The summed E-state index contributed by atoms with van der Waals surface area (Å²) >= 11 is 0. The van der Waals surface area contributed by atoms with E-state index >= 15 is 0 Å². The van der Waals surface area contributed by atoms with Crippen LogP contribution in [0.3, 0.4) is 0 Å². The Balaban J connectivity index is 0.000000157. The van der Waals surface area contributed by atoms with Crippen molar-refractivity contribution in [3.8, 4) is 0 Å². The van der Waals surface area contributed by atoms with Crippen LogP contribution < -0.4 is 0 Å². The molecule has 0 unspecified atom stereocenters. The fourth-order valence-corrected chi connectivity index (χ4v) is 2.11. The molecule has 0 spiro atoms. The van der Waals surface area contributed by atoms with E-state index in [0.717, 1.165) is 13.1 Å². The minimum absolute atomic E-state index is 1.05. The number of allylic oxidation sites excluding steroid dienone is 3. The first-order chi connectivity index (χ1) is 10.2. The smallest absolute Gasteiger partial charge is 0.0353 e. The summed E-state index contributed by atoms with van der Waals surface area (Å²) in [6.07, 6.45) is 20.9. The standard InChI is InChI=1S/2C6H11N.C6H9N/c3*1-7-5-3-2-4-6-7/h3,5H,2,4,6H2,1H3;2-3H,4-6H2,1H3;2-5H,6H2,1H3. The Bertz CT molecular complexity index is 369. The number of nitrogens with zero attached hydrogens (tertiary/aromatic N) is 3. The minimum atomic E-state index is 1.05. The van der Waals surface area contributed by atoms with Gasteiger partial charge in [-0.25, -0.2) is 0 Å². The molecular weight excluding hydrogens is 258 g/mol. The summed E-state index contributed by atoms with van der Waals surface area (Å²) < 4.78 is 0. The molecular formula is C18H31N3. The summed E-state index contributed by atoms with van der Waals surface area (Å²) in [6.45, 7) is 4.66. The molecule has 3 heteroatoms. The van der Waals surface area contributed by atoms with Gasteiger partial charge in [-0.3, -0.25) is 0 Å². The Morgan fingerprint density at radius 3 is 1.81 bits per heavy atom. The average Bonchev–Trinajstić information content (AvgIpc) is 2.51. The summed E-state index contributed by atoms with van der Waals surface area (Å²) in [5.41, 5.74) is 0.